The van der Waals surface area contributed by atoms with Crippen LogP contribution in [0.3, 0.4) is 0 Å². The third-order valence-electron chi connectivity index (χ3n) is 4.97. The van der Waals surface area contributed by atoms with Crippen molar-refractivity contribution >= 4 is 11.7 Å². The maximum Gasteiger partial charge on any atom is 0.417 e. The number of hydrogen-bond donors (Lipinski definition) is 1. The van der Waals surface area contributed by atoms with Gasteiger partial charge in [-0.05, 0) is 62.4 Å². The number of rotatable bonds is 5. The molecule has 0 aliphatic heterocycles. The van der Waals surface area contributed by atoms with Gasteiger partial charge in [0.2, 0.25) is 0 Å². The lowest BCUT2D eigenvalue weighted by atomic mass is 10.0. The molecule has 0 saturated carbocycles. The molecule has 10 heteroatoms. The van der Waals surface area contributed by atoms with E-state index in [1.54, 1.807) is 19.2 Å². The van der Waals surface area contributed by atoms with E-state index < -0.39 is 23.5 Å². The Hall–Kier alpha value is -3.95. The molecule has 0 fully saturated rings. The number of amides is 1. The smallest absolute Gasteiger partial charge is 0.306 e. The number of carbonyl (C=O) groups is 1. The van der Waals surface area contributed by atoms with Crippen molar-refractivity contribution in [2.45, 2.75) is 26.6 Å². The number of alkyl halides is 3. The first-order valence-corrected chi connectivity index (χ1v) is 10.0. The number of carbonyl (C=O) groups excluding carboxylic acids is 1. The average molecular weight is 457 g/mol. The molecule has 0 radical (unpaired) electrons. The lowest BCUT2D eigenvalue weighted by Crippen LogP contribution is -2.16. The van der Waals surface area contributed by atoms with Gasteiger partial charge in [0.05, 0.1) is 22.6 Å². The van der Waals surface area contributed by atoms with Crippen molar-refractivity contribution in [2.75, 3.05) is 5.32 Å². The third-order valence-corrected chi connectivity index (χ3v) is 4.97. The van der Waals surface area contributed by atoms with E-state index in [1.165, 1.54) is 45.8 Å². The van der Waals surface area contributed by atoms with Crippen LogP contribution in [-0.2, 0) is 12.7 Å². The second kappa shape index (κ2) is 8.53. The normalized spacial score (nSPS) is 11.6. The summed E-state index contributed by atoms with van der Waals surface area (Å²) in [7, 11) is 0. The first-order valence-electron chi connectivity index (χ1n) is 10.0. The van der Waals surface area contributed by atoms with Crippen molar-refractivity contribution in [3.8, 4) is 16.9 Å². The molecule has 4 rings (SSSR count). The number of anilines is 1. The molecule has 0 unspecified atom stereocenters. The molecule has 2 heterocycles. The lowest BCUT2D eigenvalue weighted by Gasteiger charge is -2.14. The van der Waals surface area contributed by atoms with Crippen LogP contribution in [0.15, 0.2) is 60.8 Å². The standard InChI is InChI=1S/C23H19F4N5O/c1-3-31-11-10-20(30-31)18-13-15(4-9-19(18)23(25,26)27)22(33)28-21-12-14(2)29-32(21)17-7-5-16(24)6-8-17/h4-13H,3H2,1-2H3,(H,28,33). The molecule has 4 aromatic rings. The maximum atomic E-state index is 13.6. The first-order chi connectivity index (χ1) is 15.7. The van der Waals surface area contributed by atoms with Crippen LogP contribution < -0.4 is 5.32 Å². The zero-order valence-electron chi connectivity index (χ0n) is 17.7. The third kappa shape index (κ3) is 4.64. The molecule has 170 valence electrons. The Kier molecular flexibility index (Phi) is 5.75. The van der Waals surface area contributed by atoms with E-state index in [0.29, 0.717) is 23.7 Å². The van der Waals surface area contributed by atoms with E-state index in [0.717, 1.165) is 12.1 Å². The van der Waals surface area contributed by atoms with Crippen LogP contribution in [0.4, 0.5) is 23.4 Å². The van der Waals surface area contributed by atoms with Crippen LogP contribution in [0.1, 0.15) is 28.5 Å². The largest absolute Gasteiger partial charge is 0.417 e. The number of nitrogens with one attached hydrogen (secondary N) is 1. The van der Waals surface area contributed by atoms with Crippen molar-refractivity contribution in [1.82, 2.24) is 19.6 Å². The zero-order valence-corrected chi connectivity index (χ0v) is 17.7. The van der Waals surface area contributed by atoms with Gasteiger partial charge in [0.15, 0.2) is 0 Å². The molecule has 6 nitrogen and oxygen atoms in total. The highest BCUT2D eigenvalue weighted by molar-refractivity contribution is 6.04. The number of nitrogens with zero attached hydrogens (tertiary/aromatic N) is 4. The Morgan fingerprint density at radius 1 is 1.03 bits per heavy atom. The van der Waals surface area contributed by atoms with E-state index >= 15 is 0 Å². The molecule has 1 amide bonds. The molecule has 2 aromatic carbocycles. The second-order valence-electron chi connectivity index (χ2n) is 7.33. The van der Waals surface area contributed by atoms with Crippen molar-refractivity contribution in [3.63, 3.8) is 0 Å². The van der Waals surface area contributed by atoms with Crippen LogP contribution in [-0.4, -0.2) is 25.5 Å². The monoisotopic (exact) mass is 457 g/mol. The van der Waals surface area contributed by atoms with E-state index in [9.17, 15) is 22.4 Å². The predicted molar refractivity (Wildman–Crippen MR) is 115 cm³/mol. The highest BCUT2D eigenvalue weighted by atomic mass is 19.4. The second-order valence-corrected chi connectivity index (χ2v) is 7.33. The van der Waals surface area contributed by atoms with Gasteiger partial charge >= 0.3 is 6.18 Å². The molecule has 33 heavy (non-hydrogen) atoms. The zero-order chi connectivity index (χ0) is 23.8. The summed E-state index contributed by atoms with van der Waals surface area (Å²) < 4.78 is 57.0. The summed E-state index contributed by atoms with van der Waals surface area (Å²) in [6, 6.07) is 11.8. The van der Waals surface area contributed by atoms with E-state index in [-0.39, 0.29) is 16.8 Å². The Morgan fingerprint density at radius 2 is 1.76 bits per heavy atom. The Morgan fingerprint density at radius 3 is 2.39 bits per heavy atom. The fraction of sp³-hybridized carbons (Fsp3) is 0.174. The van der Waals surface area contributed by atoms with Crippen LogP contribution in [0, 0.1) is 12.7 Å². The SMILES string of the molecule is CCn1ccc(-c2cc(C(=O)Nc3cc(C)nn3-c3ccc(F)cc3)ccc2C(F)(F)F)n1. The maximum absolute atomic E-state index is 13.6. The van der Waals surface area contributed by atoms with Crippen LogP contribution in [0.2, 0.25) is 0 Å². The average Bonchev–Trinajstić information content (AvgIpc) is 3.40. The molecule has 0 saturated heterocycles. The van der Waals surface area contributed by atoms with Gasteiger partial charge < -0.3 is 5.32 Å². The number of aryl methyl sites for hydroxylation is 2. The summed E-state index contributed by atoms with van der Waals surface area (Å²) in [4.78, 5) is 12.9. The summed E-state index contributed by atoms with van der Waals surface area (Å²) in [5, 5.41) is 11.1. The topological polar surface area (TPSA) is 64.7 Å². The fourth-order valence-corrected chi connectivity index (χ4v) is 3.38. The van der Waals surface area contributed by atoms with Crippen LogP contribution in [0.5, 0.6) is 0 Å². The van der Waals surface area contributed by atoms with Gasteiger partial charge in [-0.1, -0.05) is 0 Å². The van der Waals surface area contributed by atoms with Crippen molar-refractivity contribution < 1.29 is 22.4 Å². The van der Waals surface area contributed by atoms with Gasteiger partial charge in [-0.25, -0.2) is 9.07 Å². The van der Waals surface area contributed by atoms with Gasteiger partial charge in [-0.3, -0.25) is 9.48 Å². The summed E-state index contributed by atoms with van der Waals surface area (Å²) in [6.45, 7) is 4.03. The lowest BCUT2D eigenvalue weighted by molar-refractivity contribution is -0.137. The van der Waals surface area contributed by atoms with Crippen molar-refractivity contribution in [2.24, 2.45) is 0 Å². The minimum Gasteiger partial charge on any atom is -0.306 e. The van der Waals surface area contributed by atoms with E-state index in [1.807, 2.05) is 6.92 Å². The summed E-state index contributed by atoms with van der Waals surface area (Å²) >= 11 is 0. The van der Waals surface area contributed by atoms with Gasteiger partial charge in [0, 0.05) is 29.9 Å². The molecule has 2 aromatic heterocycles. The summed E-state index contributed by atoms with van der Waals surface area (Å²) in [5.74, 6) is -0.750. The van der Waals surface area contributed by atoms with Gasteiger partial charge in [-0.15, -0.1) is 0 Å². The molecule has 0 spiro atoms. The van der Waals surface area contributed by atoms with Crippen molar-refractivity contribution in [3.05, 3.63) is 83.4 Å². The highest BCUT2D eigenvalue weighted by Crippen LogP contribution is 2.37. The molecular formula is C23H19F4N5O. The quantitative estimate of drug-likeness (QED) is 0.404. The minimum atomic E-state index is -4.61. The number of aromatic nitrogens is 4. The Labute approximate surface area is 186 Å². The van der Waals surface area contributed by atoms with Crippen LogP contribution in [0.25, 0.3) is 16.9 Å². The summed E-state index contributed by atoms with van der Waals surface area (Å²) in [5.41, 5.74) is 0.170. The Bertz CT molecular complexity index is 1310. The van der Waals surface area contributed by atoms with Crippen molar-refractivity contribution in [1.29, 1.82) is 0 Å². The summed E-state index contributed by atoms with van der Waals surface area (Å²) in [6.07, 6.45) is -3.04. The Balaban J connectivity index is 1.70. The molecule has 0 aliphatic carbocycles. The minimum absolute atomic E-state index is 0.0218. The van der Waals surface area contributed by atoms with E-state index in [4.69, 9.17) is 0 Å². The van der Waals surface area contributed by atoms with E-state index in [2.05, 4.69) is 15.5 Å². The highest BCUT2D eigenvalue weighted by Gasteiger charge is 2.34. The van der Waals surface area contributed by atoms with Gasteiger partial charge in [0.25, 0.3) is 5.91 Å². The number of hydrogen-bond acceptors (Lipinski definition) is 3. The fourth-order valence-electron chi connectivity index (χ4n) is 3.38. The predicted octanol–water partition coefficient (Wildman–Crippen LogP) is 5.47. The molecule has 0 atom stereocenters. The molecular weight excluding hydrogens is 438 g/mol. The van der Waals surface area contributed by atoms with Crippen LogP contribution >= 0.6 is 0 Å². The van der Waals surface area contributed by atoms with Gasteiger partial charge in [-0.2, -0.15) is 23.4 Å². The number of benzene rings is 2. The number of halogens is 4. The first kappa shape index (κ1) is 22.3. The molecule has 0 bridgehead atoms. The molecule has 1 N–H and O–H groups in total. The molecule has 0 aliphatic rings. The van der Waals surface area contributed by atoms with Gasteiger partial charge in [0.1, 0.15) is 11.6 Å².